The number of hydrogen-bond donors (Lipinski definition) is 1. The van der Waals surface area contributed by atoms with Crippen LogP contribution in [0.3, 0.4) is 0 Å². The molecule has 45 heavy (non-hydrogen) atoms. The van der Waals surface area contributed by atoms with Gasteiger partial charge >= 0.3 is 0 Å². The SMILES string of the molecule is CCN(c1cc(-c2ccc(N3CCN(C)CC3)nc2)cc(N(C=O)Cc2c(C(C)C)c(F)c(C)[nH]c2=O)c1C)C1CCOCC1. The summed E-state index contributed by atoms with van der Waals surface area (Å²) in [5.41, 5.74) is 4.93. The van der Waals surface area contributed by atoms with Gasteiger partial charge in [0, 0.05) is 86.2 Å². The topological polar surface area (TPSA) is 85.0 Å². The first-order valence-electron chi connectivity index (χ1n) is 16.1. The van der Waals surface area contributed by atoms with Gasteiger partial charge in [0.2, 0.25) is 6.41 Å². The maximum atomic E-state index is 15.3. The number of halogens is 1. The Morgan fingerprint density at radius 1 is 1.09 bits per heavy atom. The van der Waals surface area contributed by atoms with Crippen LogP contribution in [0.5, 0.6) is 0 Å². The molecule has 2 aromatic heterocycles. The fourth-order valence-electron chi connectivity index (χ4n) is 6.71. The molecule has 10 heteroatoms. The molecule has 1 N–H and O–H groups in total. The fraction of sp³-hybridized carbons (Fsp3) is 0.514. The third kappa shape index (κ3) is 6.92. The number of likely N-dealkylation sites (N-methyl/N-ethyl adjacent to an activating group) is 1. The molecule has 0 bridgehead atoms. The van der Waals surface area contributed by atoms with Crippen molar-refractivity contribution in [2.24, 2.45) is 0 Å². The summed E-state index contributed by atoms with van der Waals surface area (Å²) in [6, 6.07) is 8.63. The molecule has 5 rings (SSSR count). The van der Waals surface area contributed by atoms with Crippen LogP contribution in [0.25, 0.3) is 11.1 Å². The highest BCUT2D eigenvalue weighted by atomic mass is 19.1. The summed E-state index contributed by atoms with van der Waals surface area (Å²) in [6.07, 6.45) is 4.48. The summed E-state index contributed by atoms with van der Waals surface area (Å²) < 4.78 is 21.0. The smallest absolute Gasteiger partial charge is 0.253 e. The van der Waals surface area contributed by atoms with E-state index in [0.29, 0.717) is 30.5 Å². The fourth-order valence-corrected chi connectivity index (χ4v) is 6.71. The lowest BCUT2D eigenvalue weighted by molar-refractivity contribution is -0.107. The number of aromatic nitrogens is 2. The average molecular weight is 619 g/mol. The predicted molar refractivity (Wildman–Crippen MR) is 179 cm³/mol. The first-order chi connectivity index (χ1) is 21.6. The van der Waals surface area contributed by atoms with E-state index in [1.54, 1.807) is 6.92 Å². The first-order valence-corrected chi connectivity index (χ1v) is 16.1. The van der Waals surface area contributed by atoms with E-state index in [1.165, 1.54) is 4.90 Å². The van der Waals surface area contributed by atoms with Gasteiger partial charge in [-0.2, -0.15) is 0 Å². The van der Waals surface area contributed by atoms with E-state index >= 15 is 4.39 Å². The first kappa shape index (κ1) is 32.6. The summed E-state index contributed by atoms with van der Waals surface area (Å²) in [4.78, 5) is 42.0. The number of benzene rings is 1. The maximum absolute atomic E-state index is 15.3. The Labute approximate surface area is 266 Å². The van der Waals surface area contributed by atoms with Gasteiger partial charge in [-0.1, -0.05) is 13.8 Å². The molecule has 0 aliphatic carbocycles. The molecule has 242 valence electrons. The monoisotopic (exact) mass is 618 g/mol. The second kappa shape index (κ2) is 14.1. The van der Waals surface area contributed by atoms with Crippen LogP contribution in [0.4, 0.5) is 21.6 Å². The Hall–Kier alpha value is -3.76. The standard InChI is InChI=1S/C35H47FN6O3/c1-7-42(28-10-16-45-17-11-28)31-19-27(26-8-9-32(37-20-26)40-14-12-39(6)13-15-40)18-30(24(31)4)41(22-43)21-29-33(23(2)3)34(36)25(5)38-35(29)44/h8-9,18-20,22-23,28H,7,10-17,21H2,1-6H3,(H,38,44). The van der Waals surface area contributed by atoms with Crippen molar-refractivity contribution in [2.45, 2.75) is 66.0 Å². The number of aryl methyl sites for hydroxylation is 1. The molecule has 0 atom stereocenters. The Bertz CT molecular complexity index is 1540. The van der Waals surface area contributed by atoms with Crippen LogP contribution in [-0.4, -0.2) is 80.3 Å². The highest BCUT2D eigenvalue weighted by Crippen LogP contribution is 2.38. The van der Waals surface area contributed by atoms with Crippen LogP contribution in [0.1, 0.15) is 61.9 Å². The van der Waals surface area contributed by atoms with E-state index in [4.69, 9.17) is 9.72 Å². The second-order valence-electron chi connectivity index (χ2n) is 12.6. The zero-order valence-electron chi connectivity index (χ0n) is 27.5. The number of carbonyl (C=O) groups is 1. The maximum Gasteiger partial charge on any atom is 0.253 e. The number of carbonyl (C=O) groups excluding carboxylic acids is 1. The van der Waals surface area contributed by atoms with Gasteiger partial charge in [-0.15, -0.1) is 0 Å². The van der Waals surface area contributed by atoms with E-state index in [1.807, 2.05) is 33.0 Å². The van der Waals surface area contributed by atoms with Crippen LogP contribution in [0.2, 0.25) is 0 Å². The molecule has 9 nitrogen and oxygen atoms in total. The zero-order valence-corrected chi connectivity index (χ0v) is 27.5. The largest absolute Gasteiger partial charge is 0.381 e. The number of amides is 1. The normalized spacial score (nSPS) is 16.3. The Kier molecular flexibility index (Phi) is 10.2. The van der Waals surface area contributed by atoms with Gasteiger partial charge in [0.05, 0.1) is 12.2 Å². The molecule has 2 aliphatic heterocycles. The van der Waals surface area contributed by atoms with Crippen LogP contribution in [-0.2, 0) is 16.1 Å². The third-order valence-electron chi connectivity index (χ3n) is 9.35. The summed E-state index contributed by atoms with van der Waals surface area (Å²) in [6.45, 7) is 15.5. The third-order valence-corrected chi connectivity index (χ3v) is 9.35. The summed E-state index contributed by atoms with van der Waals surface area (Å²) in [5.74, 6) is 0.291. The van der Waals surface area contributed by atoms with E-state index in [2.05, 4.69) is 51.9 Å². The summed E-state index contributed by atoms with van der Waals surface area (Å²) in [7, 11) is 2.14. The average Bonchev–Trinajstić information content (AvgIpc) is 3.04. The molecule has 2 saturated heterocycles. The van der Waals surface area contributed by atoms with Crippen molar-refractivity contribution in [1.82, 2.24) is 14.9 Å². The molecule has 2 aliphatic rings. The Morgan fingerprint density at radius 3 is 2.38 bits per heavy atom. The number of rotatable bonds is 10. The quantitative estimate of drug-likeness (QED) is 0.311. The number of ether oxygens (including phenoxy) is 1. The minimum atomic E-state index is -0.431. The van der Waals surface area contributed by atoms with Gasteiger partial charge in [-0.25, -0.2) is 9.37 Å². The van der Waals surface area contributed by atoms with Crippen LogP contribution in [0, 0.1) is 19.7 Å². The van der Waals surface area contributed by atoms with Crippen LogP contribution in [0.15, 0.2) is 35.3 Å². The second-order valence-corrected chi connectivity index (χ2v) is 12.6. The molecule has 2 fully saturated rings. The summed E-state index contributed by atoms with van der Waals surface area (Å²) in [5, 5.41) is 0. The number of H-pyrrole nitrogens is 1. The lowest BCUT2D eigenvalue weighted by Gasteiger charge is -2.37. The van der Waals surface area contributed by atoms with Crippen molar-refractivity contribution in [3.05, 3.63) is 69.0 Å². The molecule has 1 amide bonds. The molecule has 3 aromatic rings. The van der Waals surface area contributed by atoms with Gasteiger partial charge in [-0.3, -0.25) is 9.59 Å². The van der Waals surface area contributed by atoms with Crippen molar-refractivity contribution in [3.8, 4) is 11.1 Å². The Balaban J connectivity index is 1.59. The van der Waals surface area contributed by atoms with Crippen molar-refractivity contribution in [1.29, 1.82) is 0 Å². The van der Waals surface area contributed by atoms with Crippen LogP contribution >= 0.6 is 0 Å². The van der Waals surface area contributed by atoms with Gasteiger partial charge in [0.15, 0.2) is 0 Å². The van der Waals surface area contributed by atoms with Gasteiger partial charge in [-0.05, 0) is 82.0 Å². The van der Waals surface area contributed by atoms with Gasteiger partial charge < -0.3 is 29.3 Å². The number of nitrogens with one attached hydrogen (secondary N) is 1. The Morgan fingerprint density at radius 2 is 1.78 bits per heavy atom. The van der Waals surface area contributed by atoms with Crippen molar-refractivity contribution < 1.29 is 13.9 Å². The molecule has 0 saturated carbocycles. The molecular formula is C35H47FN6O3. The number of anilines is 3. The minimum absolute atomic E-state index is 0.0444. The highest BCUT2D eigenvalue weighted by Gasteiger charge is 2.27. The lowest BCUT2D eigenvalue weighted by Crippen LogP contribution is -2.44. The van der Waals surface area contributed by atoms with Crippen molar-refractivity contribution in [2.75, 3.05) is 67.7 Å². The number of pyridine rings is 2. The molecular weight excluding hydrogens is 571 g/mol. The number of piperazine rings is 1. The molecule has 0 spiro atoms. The molecule has 0 unspecified atom stereocenters. The molecule has 4 heterocycles. The number of nitrogens with zero attached hydrogens (tertiary/aromatic N) is 5. The van der Waals surface area contributed by atoms with Crippen molar-refractivity contribution in [3.63, 3.8) is 0 Å². The number of hydrogen-bond acceptors (Lipinski definition) is 7. The lowest BCUT2D eigenvalue weighted by atomic mass is 9.95. The van der Waals surface area contributed by atoms with Crippen molar-refractivity contribution >= 4 is 23.6 Å². The van der Waals surface area contributed by atoms with Gasteiger partial charge in [0.25, 0.3) is 5.56 Å². The molecule has 1 aromatic carbocycles. The van der Waals surface area contributed by atoms with Crippen LogP contribution < -0.4 is 20.3 Å². The predicted octanol–water partition coefficient (Wildman–Crippen LogP) is 5.24. The van der Waals surface area contributed by atoms with E-state index in [9.17, 15) is 9.59 Å². The minimum Gasteiger partial charge on any atom is -0.381 e. The van der Waals surface area contributed by atoms with E-state index in [0.717, 1.165) is 80.2 Å². The molecule has 0 radical (unpaired) electrons. The van der Waals surface area contributed by atoms with E-state index < -0.39 is 5.82 Å². The zero-order chi connectivity index (χ0) is 32.2. The highest BCUT2D eigenvalue weighted by molar-refractivity contribution is 5.85. The summed E-state index contributed by atoms with van der Waals surface area (Å²) >= 11 is 0. The van der Waals surface area contributed by atoms with E-state index in [-0.39, 0.29) is 29.3 Å². The van der Waals surface area contributed by atoms with Gasteiger partial charge in [0.1, 0.15) is 11.6 Å². The number of aromatic amines is 1.